The number of hydrogen-bond donors (Lipinski definition) is 1. The fraction of sp³-hybridized carbons (Fsp3) is 0.636. The third kappa shape index (κ3) is 2.72. The average molecular weight is 167 g/mol. The number of allylic oxidation sites excluding steroid dienone is 3. The van der Waals surface area contributed by atoms with Crippen LogP contribution in [-0.2, 0) is 0 Å². The minimum Gasteiger partial charge on any atom is -0.404 e. The van der Waals surface area contributed by atoms with Crippen LogP contribution in [0, 0.1) is 11.8 Å². The summed E-state index contributed by atoms with van der Waals surface area (Å²) in [5.41, 5.74) is 8.22. The number of rotatable bonds is 3. The van der Waals surface area contributed by atoms with E-state index in [0.717, 1.165) is 0 Å². The standard InChI is InChI=1S/C11H21N/c1-6-10(8(2)3)11(7-12)9(4)5/h6-9H,12H2,1-5H3/b10-6-,11-7-. The Kier molecular flexibility index (Phi) is 4.72. The Bertz CT molecular complexity index is 163. The third-order valence-corrected chi connectivity index (χ3v) is 2.07. The first kappa shape index (κ1) is 11.3. The predicted octanol–water partition coefficient (Wildman–Crippen LogP) is 3.09. The van der Waals surface area contributed by atoms with Gasteiger partial charge in [-0.25, -0.2) is 0 Å². The lowest BCUT2D eigenvalue weighted by Gasteiger charge is -2.17. The molecule has 0 aliphatic carbocycles. The lowest BCUT2D eigenvalue weighted by Crippen LogP contribution is -2.06. The molecule has 1 nitrogen and oxygen atoms in total. The molecule has 0 aliphatic rings. The van der Waals surface area contributed by atoms with Gasteiger partial charge in [0.25, 0.3) is 0 Å². The van der Waals surface area contributed by atoms with Gasteiger partial charge in [-0.15, -0.1) is 0 Å². The average Bonchev–Trinajstić information content (AvgIpc) is 1.98. The second-order valence-corrected chi connectivity index (χ2v) is 3.68. The van der Waals surface area contributed by atoms with E-state index in [-0.39, 0.29) is 0 Å². The Hall–Kier alpha value is -0.720. The third-order valence-electron chi connectivity index (χ3n) is 2.07. The van der Waals surface area contributed by atoms with Crippen LogP contribution in [0.3, 0.4) is 0 Å². The van der Waals surface area contributed by atoms with E-state index in [2.05, 4.69) is 40.7 Å². The van der Waals surface area contributed by atoms with E-state index in [1.807, 2.05) is 0 Å². The van der Waals surface area contributed by atoms with E-state index in [1.165, 1.54) is 11.1 Å². The van der Waals surface area contributed by atoms with Crippen LogP contribution in [-0.4, -0.2) is 0 Å². The molecule has 2 N–H and O–H groups in total. The van der Waals surface area contributed by atoms with E-state index < -0.39 is 0 Å². The first-order chi connectivity index (χ1) is 5.54. The van der Waals surface area contributed by atoms with Gasteiger partial charge in [-0.3, -0.25) is 0 Å². The summed E-state index contributed by atoms with van der Waals surface area (Å²) < 4.78 is 0. The molecule has 0 fully saturated rings. The van der Waals surface area contributed by atoms with Crippen molar-refractivity contribution in [2.75, 3.05) is 0 Å². The Labute approximate surface area is 76.3 Å². The molecular formula is C11H21N. The van der Waals surface area contributed by atoms with E-state index in [0.29, 0.717) is 11.8 Å². The van der Waals surface area contributed by atoms with Crippen molar-refractivity contribution in [3.8, 4) is 0 Å². The van der Waals surface area contributed by atoms with E-state index >= 15 is 0 Å². The molecule has 12 heavy (non-hydrogen) atoms. The highest BCUT2D eigenvalue weighted by atomic mass is 14.5. The number of nitrogens with two attached hydrogens (primary N) is 1. The van der Waals surface area contributed by atoms with Crippen molar-refractivity contribution in [3.63, 3.8) is 0 Å². The van der Waals surface area contributed by atoms with E-state index in [9.17, 15) is 0 Å². The fourth-order valence-corrected chi connectivity index (χ4v) is 1.46. The van der Waals surface area contributed by atoms with Crippen molar-refractivity contribution < 1.29 is 0 Å². The Morgan fingerprint density at radius 2 is 1.42 bits per heavy atom. The Morgan fingerprint density at radius 1 is 1.00 bits per heavy atom. The van der Waals surface area contributed by atoms with Crippen LogP contribution in [0.15, 0.2) is 23.4 Å². The van der Waals surface area contributed by atoms with Crippen LogP contribution < -0.4 is 5.73 Å². The predicted molar refractivity (Wildman–Crippen MR) is 55.7 cm³/mol. The molecule has 0 heterocycles. The monoisotopic (exact) mass is 167 g/mol. The van der Waals surface area contributed by atoms with Crippen molar-refractivity contribution >= 4 is 0 Å². The van der Waals surface area contributed by atoms with Crippen molar-refractivity contribution in [3.05, 3.63) is 23.4 Å². The molecule has 1 heteroatoms. The van der Waals surface area contributed by atoms with Crippen LogP contribution in [0.2, 0.25) is 0 Å². The highest BCUT2D eigenvalue weighted by molar-refractivity contribution is 5.32. The molecular weight excluding hydrogens is 146 g/mol. The maximum atomic E-state index is 5.59. The van der Waals surface area contributed by atoms with E-state index in [1.54, 1.807) is 6.20 Å². The van der Waals surface area contributed by atoms with Crippen molar-refractivity contribution in [2.24, 2.45) is 17.6 Å². The molecule has 0 unspecified atom stereocenters. The molecule has 0 bridgehead atoms. The van der Waals surface area contributed by atoms with Gasteiger partial charge in [0.15, 0.2) is 0 Å². The minimum atomic E-state index is 0.517. The maximum Gasteiger partial charge on any atom is -0.00243 e. The van der Waals surface area contributed by atoms with E-state index in [4.69, 9.17) is 5.73 Å². The summed E-state index contributed by atoms with van der Waals surface area (Å²) in [6.07, 6.45) is 3.89. The van der Waals surface area contributed by atoms with Crippen LogP contribution >= 0.6 is 0 Å². The lowest BCUT2D eigenvalue weighted by molar-refractivity contribution is 0.698. The van der Waals surface area contributed by atoms with Crippen LogP contribution in [0.1, 0.15) is 34.6 Å². The van der Waals surface area contributed by atoms with Gasteiger partial charge >= 0.3 is 0 Å². The maximum absolute atomic E-state index is 5.59. The fourth-order valence-electron chi connectivity index (χ4n) is 1.46. The van der Waals surface area contributed by atoms with Gasteiger partial charge in [0.1, 0.15) is 0 Å². The lowest BCUT2D eigenvalue weighted by atomic mass is 9.89. The van der Waals surface area contributed by atoms with Gasteiger partial charge in [-0.2, -0.15) is 0 Å². The molecule has 0 amide bonds. The number of hydrogen-bond acceptors (Lipinski definition) is 1. The molecule has 0 saturated carbocycles. The largest absolute Gasteiger partial charge is 0.404 e. The first-order valence-electron chi connectivity index (χ1n) is 4.62. The summed E-state index contributed by atoms with van der Waals surface area (Å²) in [6.45, 7) is 10.8. The quantitative estimate of drug-likeness (QED) is 0.642. The van der Waals surface area contributed by atoms with Gasteiger partial charge in [-0.05, 0) is 36.1 Å². The molecule has 0 aromatic carbocycles. The molecule has 0 aromatic rings. The molecule has 0 aromatic heterocycles. The molecule has 0 atom stereocenters. The minimum absolute atomic E-state index is 0.517. The normalized spacial score (nSPS) is 14.6. The van der Waals surface area contributed by atoms with Crippen LogP contribution in [0.4, 0.5) is 0 Å². The SMILES string of the molecule is C/C=C(\C(=C/N)C(C)C)C(C)C. The molecule has 0 aliphatic heterocycles. The zero-order valence-electron chi connectivity index (χ0n) is 8.89. The summed E-state index contributed by atoms with van der Waals surface area (Å²) in [5.74, 6) is 1.08. The second kappa shape index (κ2) is 5.02. The summed E-state index contributed by atoms with van der Waals surface area (Å²) in [6, 6.07) is 0. The summed E-state index contributed by atoms with van der Waals surface area (Å²) >= 11 is 0. The Balaban J connectivity index is 4.73. The smallest absolute Gasteiger partial charge is 0.00243 e. The molecule has 70 valence electrons. The van der Waals surface area contributed by atoms with Crippen molar-refractivity contribution in [1.29, 1.82) is 0 Å². The Morgan fingerprint density at radius 3 is 1.50 bits per heavy atom. The van der Waals surface area contributed by atoms with Crippen molar-refractivity contribution in [2.45, 2.75) is 34.6 Å². The second-order valence-electron chi connectivity index (χ2n) is 3.68. The zero-order chi connectivity index (χ0) is 9.72. The zero-order valence-corrected chi connectivity index (χ0v) is 8.89. The molecule has 0 radical (unpaired) electrons. The highest BCUT2D eigenvalue weighted by Gasteiger charge is 2.10. The van der Waals surface area contributed by atoms with Gasteiger partial charge in [-0.1, -0.05) is 33.8 Å². The van der Waals surface area contributed by atoms with Gasteiger partial charge in [0, 0.05) is 0 Å². The highest BCUT2D eigenvalue weighted by Crippen LogP contribution is 2.24. The topological polar surface area (TPSA) is 26.0 Å². The van der Waals surface area contributed by atoms with Gasteiger partial charge < -0.3 is 5.73 Å². The van der Waals surface area contributed by atoms with Crippen molar-refractivity contribution in [1.82, 2.24) is 0 Å². The summed E-state index contributed by atoms with van der Waals surface area (Å²) in [7, 11) is 0. The molecule has 0 rings (SSSR count). The summed E-state index contributed by atoms with van der Waals surface area (Å²) in [4.78, 5) is 0. The van der Waals surface area contributed by atoms with Crippen LogP contribution in [0.25, 0.3) is 0 Å². The molecule has 0 saturated heterocycles. The van der Waals surface area contributed by atoms with Gasteiger partial charge in [0.05, 0.1) is 0 Å². The van der Waals surface area contributed by atoms with Crippen LogP contribution in [0.5, 0.6) is 0 Å². The first-order valence-corrected chi connectivity index (χ1v) is 4.62. The summed E-state index contributed by atoms with van der Waals surface area (Å²) in [5, 5.41) is 0. The van der Waals surface area contributed by atoms with Gasteiger partial charge in [0.2, 0.25) is 0 Å². The molecule has 0 spiro atoms.